The lowest BCUT2D eigenvalue weighted by atomic mass is 10.3. The average molecular weight is 200 g/mol. The van der Waals surface area contributed by atoms with Gasteiger partial charge in [0, 0.05) is 0 Å². The van der Waals surface area contributed by atoms with Crippen LogP contribution in [0.25, 0.3) is 0 Å². The maximum Gasteiger partial charge on any atom is 0.225 e. The van der Waals surface area contributed by atoms with E-state index < -0.39 is 0 Å². The molecule has 2 aromatic heterocycles. The largest absolute Gasteiger partial charge is 0.300 e. The van der Waals surface area contributed by atoms with Crippen molar-refractivity contribution in [1.82, 2.24) is 14.8 Å². The van der Waals surface area contributed by atoms with Crippen LogP contribution in [0.5, 0.6) is 0 Å². The van der Waals surface area contributed by atoms with Crippen molar-refractivity contribution < 1.29 is 0 Å². The summed E-state index contributed by atoms with van der Waals surface area (Å²) < 4.78 is 1.80. The highest BCUT2D eigenvalue weighted by Gasteiger charge is 2.00. The molecular weight excluding hydrogens is 194 g/mol. The molecule has 2 rings (SSSR count). The summed E-state index contributed by atoms with van der Waals surface area (Å²) in [6, 6.07) is 2.06. The molecule has 0 bridgehead atoms. The summed E-state index contributed by atoms with van der Waals surface area (Å²) >= 11 is 7.42. The Morgan fingerprint density at radius 2 is 2.50 bits per heavy atom. The SMILES string of the molecule is Clc1nncn1Cc1ccsc1. The number of halogens is 1. The van der Waals surface area contributed by atoms with Crippen LogP contribution in [0.3, 0.4) is 0 Å². The van der Waals surface area contributed by atoms with Gasteiger partial charge < -0.3 is 0 Å². The molecule has 0 spiro atoms. The molecule has 3 nitrogen and oxygen atoms in total. The number of hydrogen-bond donors (Lipinski definition) is 0. The van der Waals surface area contributed by atoms with Crippen molar-refractivity contribution >= 4 is 22.9 Å². The molecule has 5 heteroatoms. The molecule has 0 aliphatic carbocycles. The normalized spacial score (nSPS) is 10.4. The molecule has 2 heterocycles. The minimum Gasteiger partial charge on any atom is -0.300 e. The first kappa shape index (κ1) is 7.76. The maximum atomic E-state index is 5.75. The van der Waals surface area contributed by atoms with E-state index in [-0.39, 0.29) is 0 Å². The first-order valence-corrected chi connectivity index (χ1v) is 4.73. The molecule has 0 radical (unpaired) electrons. The fourth-order valence-electron chi connectivity index (χ4n) is 0.926. The lowest BCUT2D eigenvalue weighted by Gasteiger charge is -1.98. The van der Waals surface area contributed by atoms with E-state index in [9.17, 15) is 0 Å². The van der Waals surface area contributed by atoms with Gasteiger partial charge in [0.2, 0.25) is 5.28 Å². The van der Waals surface area contributed by atoms with Crippen molar-refractivity contribution in [1.29, 1.82) is 0 Å². The summed E-state index contributed by atoms with van der Waals surface area (Å²) in [4.78, 5) is 0. The van der Waals surface area contributed by atoms with Crippen LogP contribution in [0.15, 0.2) is 23.2 Å². The summed E-state index contributed by atoms with van der Waals surface area (Å²) in [5.41, 5.74) is 1.22. The third kappa shape index (κ3) is 1.49. The van der Waals surface area contributed by atoms with Gasteiger partial charge in [0.05, 0.1) is 6.54 Å². The van der Waals surface area contributed by atoms with E-state index in [4.69, 9.17) is 11.6 Å². The zero-order valence-electron chi connectivity index (χ0n) is 6.14. The molecule has 62 valence electrons. The smallest absolute Gasteiger partial charge is 0.225 e. The predicted octanol–water partition coefficient (Wildman–Crippen LogP) is 2.04. The van der Waals surface area contributed by atoms with Crippen LogP contribution < -0.4 is 0 Å². The molecular formula is C7H6ClN3S. The van der Waals surface area contributed by atoms with Crippen molar-refractivity contribution in [2.45, 2.75) is 6.54 Å². The second-order valence-corrected chi connectivity index (χ2v) is 3.48. The molecule has 0 saturated heterocycles. The standard InChI is InChI=1S/C7H6ClN3S/c8-7-10-9-5-11(7)3-6-1-2-12-4-6/h1-2,4-5H,3H2. The van der Waals surface area contributed by atoms with Crippen molar-refractivity contribution in [2.24, 2.45) is 0 Å². The lowest BCUT2D eigenvalue weighted by molar-refractivity contribution is 0.798. The van der Waals surface area contributed by atoms with Crippen molar-refractivity contribution in [2.75, 3.05) is 0 Å². The van der Waals surface area contributed by atoms with E-state index in [2.05, 4.69) is 21.6 Å². The van der Waals surface area contributed by atoms with Gasteiger partial charge >= 0.3 is 0 Å². The van der Waals surface area contributed by atoms with Gasteiger partial charge in [0.15, 0.2) is 0 Å². The molecule has 0 aromatic carbocycles. The van der Waals surface area contributed by atoms with Gasteiger partial charge in [0.25, 0.3) is 0 Å². The third-order valence-corrected chi connectivity index (χ3v) is 2.53. The average Bonchev–Trinajstić information content (AvgIpc) is 2.65. The maximum absolute atomic E-state index is 5.75. The topological polar surface area (TPSA) is 30.7 Å². The quantitative estimate of drug-likeness (QED) is 0.741. The monoisotopic (exact) mass is 199 g/mol. The summed E-state index contributed by atoms with van der Waals surface area (Å²) in [5, 5.41) is 11.9. The number of thiophene rings is 1. The number of hydrogen-bond acceptors (Lipinski definition) is 3. The summed E-state index contributed by atoms with van der Waals surface area (Å²) in [6.07, 6.45) is 1.62. The Labute approximate surface area is 78.6 Å². The van der Waals surface area contributed by atoms with Crippen LogP contribution in [0.2, 0.25) is 5.28 Å². The Balaban J connectivity index is 2.20. The minimum absolute atomic E-state index is 0.432. The molecule has 0 atom stereocenters. The first-order valence-electron chi connectivity index (χ1n) is 3.40. The molecule has 0 saturated carbocycles. The van der Waals surface area contributed by atoms with Crippen LogP contribution in [0.1, 0.15) is 5.56 Å². The highest BCUT2D eigenvalue weighted by molar-refractivity contribution is 7.07. The van der Waals surface area contributed by atoms with E-state index in [1.54, 1.807) is 22.2 Å². The van der Waals surface area contributed by atoms with E-state index in [0.717, 1.165) is 6.54 Å². The Morgan fingerprint density at radius 1 is 1.58 bits per heavy atom. The van der Waals surface area contributed by atoms with E-state index in [1.165, 1.54) is 5.56 Å². The van der Waals surface area contributed by atoms with Crippen LogP contribution >= 0.6 is 22.9 Å². The van der Waals surface area contributed by atoms with E-state index in [1.807, 2.05) is 5.38 Å². The van der Waals surface area contributed by atoms with Gasteiger partial charge in [-0.2, -0.15) is 11.3 Å². The molecule has 0 unspecified atom stereocenters. The fourth-order valence-corrected chi connectivity index (χ4v) is 1.73. The minimum atomic E-state index is 0.432. The van der Waals surface area contributed by atoms with Crippen LogP contribution in [-0.4, -0.2) is 14.8 Å². The van der Waals surface area contributed by atoms with E-state index in [0.29, 0.717) is 5.28 Å². The van der Waals surface area contributed by atoms with Crippen molar-refractivity contribution in [3.63, 3.8) is 0 Å². The highest BCUT2D eigenvalue weighted by Crippen LogP contribution is 2.10. The molecule has 2 aromatic rings. The van der Waals surface area contributed by atoms with Crippen LogP contribution in [0, 0.1) is 0 Å². The molecule has 0 aliphatic rings. The second kappa shape index (κ2) is 3.25. The zero-order chi connectivity index (χ0) is 8.39. The number of aromatic nitrogens is 3. The van der Waals surface area contributed by atoms with E-state index >= 15 is 0 Å². The van der Waals surface area contributed by atoms with Crippen LogP contribution in [-0.2, 0) is 6.54 Å². The lowest BCUT2D eigenvalue weighted by Crippen LogP contribution is -1.96. The van der Waals surface area contributed by atoms with Gasteiger partial charge in [-0.15, -0.1) is 10.2 Å². The van der Waals surface area contributed by atoms with Gasteiger partial charge in [-0.1, -0.05) is 0 Å². The molecule has 0 aliphatic heterocycles. The van der Waals surface area contributed by atoms with Gasteiger partial charge in [-0.25, -0.2) is 0 Å². The number of nitrogens with zero attached hydrogens (tertiary/aromatic N) is 3. The van der Waals surface area contributed by atoms with Crippen molar-refractivity contribution in [3.05, 3.63) is 34.0 Å². The number of rotatable bonds is 2. The Hall–Kier alpha value is -0.870. The molecule has 0 N–H and O–H groups in total. The Morgan fingerprint density at radius 3 is 3.08 bits per heavy atom. The molecule has 0 amide bonds. The summed E-state index contributed by atoms with van der Waals surface area (Å²) in [5.74, 6) is 0. The summed E-state index contributed by atoms with van der Waals surface area (Å²) in [6.45, 7) is 0.745. The zero-order valence-corrected chi connectivity index (χ0v) is 7.72. The van der Waals surface area contributed by atoms with Gasteiger partial charge in [-0.3, -0.25) is 4.57 Å². The van der Waals surface area contributed by atoms with Gasteiger partial charge in [0.1, 0.15) is 6.33 Å². The molecule has 0 fully saturated rings. The highest BCUT2D eigenvalue weighted by atomic mass is 35.5. The van der Waals surface area contributed by atoms with Gasteiger partial charge in [-0.05, 0) is 34.0 Å². The second-order valence-electron chi connectivity index (χ2n) is 2.36. The predicted molar refractivity (Wildman–Crippen MR) is 48.5 cm³/mol. The Kier molecular flexibility index (Phi) is 2.10. The summed E-state index contributed by atoms with van der Waals surface area (Å²) in [7, 11) is 0. The first-order chi connectivity index (χ1) is 5.86. The van der Waals surface area contributed by atoms with Crippen molar-refractivity contribution in [3.8, 4) is 0 Å². The Bertz CT molecular complexity index is 354. The van der Waals surface area contributed by atoms with Crippen LogP contribution in [0.4, 0.5) is 0 Å². The molecule has 12 heavy (non-hydrogen) atoms. The fraction of sp³-hybridized carbons (Fsp3) is 0.143. The third-order valence-electron chi connectivity index (χ3n) is 1.50.